The van der Waals surface area contributed by atoms with Crippen LogP contribution in [0.1, 0.15) is 60.9 Å². The summed E-state index contributed by atoms with van der Waals surface area (Å²) in [5.74, 6) is 0.393. The Kier molecular flexibility index (Phi) is 5.65. The van der Waals surface area contributed by atoms with E-state index in [1.54, 1.807) is 12.1 Å². The highest BCUT2D eigenvalue weighted by molar-refractivity contribution is 5.92. The Balaban J connectivity index is 0.000000146. The molecule has 2 saturated carbocycles. The van der Waals surface area contributed by atoms with Crippen LogP contribution in [-0.2, 0) is 0 Å². The molecule has 0 aromatic heterocycles. The molecule has 4 nitrogen and oxygen atoms in total. The molecule has 0 spiro atoms. The number of hydrogen-bond acceptors (Lipinski definition) is 3. The Hall–Kier alpha value is -1.99. The van der Waals surface area contributed by atoms with Crippen LogP contribution in [0.5, 0.6) is 0 Å². The summed E-state index contributed by atoms with van der Waals surface area (Å²) in [6.45, 7) is 5.56. The average molecular weight is 339 g/mol. The van der Waals surface area contributed by atoms with E-state index in [1.165, 1.54) is 37.7 Å². The average Bonchev–Trinajstić information content (AvgIpc) is 3.41. The molecule has 4 rings (SSSR count). The van der Waals surface area contributed by atoms with E-state index in [0.717, 1.165) is 31.6 Å². The molecule has 1 amide bonds. The normalized spacial score (nSPS) is 23.8. The third kappa shape index (κ3) is 4.55. The fraction of sp³-hybridized carbons (Fsp3) is 0.571. The van der Waals surface area contributed by atoms with Crippen LogP contribution in [0.2, 0.25) is 0 Å². The minimum Gasteiger partial charge on any atom is -0.366 e. The number of piperazine rings is 1. The van der Waals surface area contributed by atoms with Gasteiger partial charge in [-0.25, -0.2) is 0 Å². The number of primary amides is 1. The number of benzene rings is 1. The number of nitrogens with zero attached hydrogens (tertiary/aromatic N) is 2. The lowest BCUT2D eigenvalue weighted by Gasteiger charge is -2.46. The van der Waals surface area contributed by atoms with Crippen LogP contribution in [0.3, 0.4) is 0 Å². The standard InChI is InChI=1S/C11H18N2.C10H11NO/c1-3-12-7-8-13(10(2)9-12)11-5-4-6-11;11-10(12)9-5-3-8(4-6-9)7-1-2-7/h1,10-11H,4-9H2,2H3;3-7H,1-2H2,(H2,11,12)/t10-;/m1./s1. The number of amides is 1. The van der Waals surface area contributed by atoms with Gasteiger partial charge in [0.2, 0.25) is 5.91 Å². The number of rotatable bonds is 3. The molecule has 1 aliphatic heterocycles. The van der Waals surface area contributed by atoms with Crippen molar-refractivity contribution < 1.29 is 4.79 Å². The lowest BCUT2D eigenvalue weighted by Crippen LogP contribution is -2.55. The molecule has 2 aliphatic carbocycles. The van der Waals surface area contributed by atoms with Crippen molar-refractivity contribution in [2.45, 2.75) is 57.0 Å². The number of carbonyl (C=O) groups is 1. The Morgan fingerprint density at radius 3 is 2.28 bits per heavy atom. The Morgan fingerprint density at radius 2 is 1.84 bits per heavy atom. The second-order valence-electron chi connectivity index (χ2n) is 7.51. The van der Waals surface area contributed by atoms with Gasteiger partial charge in [-0.2, -0.15) is 0 Å². The van der Waals surface area contributed by atoms with E-state index in [9.17, 15) is 4.79 Å². The summed E-state index contributed by atoms with van der Waals surface area (Å²) < 4.78 is 0. The Bertz CT molecular complexity index is 626. The predicted octanol–water partition coefficient (Wildman–Crippen LogP) is 2.80. The lowest BCUT2D eigenvalue weighted by atomic mass is 9.90. The first kappa shape index (κ1) is 17.8. The Morgan fingerprint density at radius 1 is 1.16 bits per heavy atom. The van der Waals surface area contributed by atoms with E-state index in [-0.39, 0.29) is 5.91 Å². The van der Waals surface area contributed by atoms with Gasteiger partial charge in [0.25, 0.3) is 0 Å². The van der Waals surface area contributed by atoms with Crippen molar-refractivity contribution in [1.29, 1.82) is 0 Å². The first-order valence-electron chi connectivity index (χ1n) is 9.45. The quantitative estimate of drug-likeness (QED) is 0.862. The number of terminal acetylenes is 1. The second-order valence-corrected chi connectivity index (χ2v) is 7.51. The molecule has 1 aromatic carbocycles. The molecule has 25 heavy (non-hydrogen) atoms. The van der Waals surface area contributed by atoms with Gasteiger partial charge in [0, 0.05) is 43.3 Å². The van der Waals surface area contributed by atoms with Crippen LogP contribution in [0.15, 0.2) is 24.3 Å². The molecule has 134 valence electrons. The predicted molar refractivity (Wildman–Crippen MR) is 101 cm³/mol. The summed E-state index contributed by atoms with van der Waals surface area (Å²) in [6, 6.07) is 11.9. The largest absolute Gasteiger partial charge is 0.366 e. The van der Waals surface area contributed by atoms with Crippen molar-refractivity contribution in [1.82, 2.24) is 9.80 Å². The second kappa shape index (κ2) is 7.93. The molecule has 1 aromatic rings. The van der Waals surface area contributed by atoms with Crippen LogP contribution in [-0.4, -0.2) is 47.4 Å². The van der Waals surface area contributed by atoms with Crippen LogP contribution < -0.4 is 5.73 Å². The molecule has 2 N–H and O–H groups in total. The third-order valence-electron chi connectivity index (χ3n) is 5.65. The van der Waals surface area contributed by atoms with Crippen molar-refractivity contribution >= 4 is 5.91 Å². The highest BCUT2D eigenvalue weighted by atomic mass is 16.1. The van der Waals surface area contributed by atoms with Crippen LogP contribution >= 0.6 is 0 Å². The van der Waals surface area contributed by atoms with Gasteiger partial charge in [0.05, 0.1) is 0 Å². The van der Waals surface area contributed by atoms with Gasteiger partial charge in [-0.3, -0.25) is 9.69 Å². The fourth-order valence-corrected chi connectivity index (χ4v) is 3.69. The van der Waals surface area contributed by atoms with E-state index in [2.05, 4.69) is 22.8 Å². The molecule has 0 bridgehead atoms. The maximum Gasteiger partial charge on any atom is 0.248 e. The number of hydrogen-bond donors (Lipinski definition) is 1. The van der Waals surface area contributed by atoms with Gasteiger partial charge in [-0.15, -0.1) is 0 Å². The molecule has 1 atom stereocenters. The SMILES string of the molecule is C#CN1CCN(C2CCC2)[C@H](C)C1.NC(=O)c1ccc(C2CC2)cc1. The summed E-state index contributed by atoms with van der Waals surface area (Å²) in [6.07, 6.45) is 12.2. The van der Waals surface area contributed by atoms with E-state index in [4.69, 9.17) is 12.2 Å². The van der Waals surface area contributed by atoms with Crippen LogP contribution in [0.4, 0.5) is 0 Å². The van der Waals surface area contributed by atoms with E-state index in [0.29, 0.717) is 11.6 Å². The van der Waals surface area contributed by atoms with E-state index < -0.39 is 0 Å². The molecule has 4 heteroatoms. The molecule has 1 heterocycles. The molecular formula is C21H29N3O. The summed E-state index contributed by atoms with van der Waals surface area (Å²) in [5, 5.41) is 0. The molecular weight excluding hydrogens is 310 g/mol. The minimum absolute atomic E-state index is 0.350. The molecule has 1 saturated heterocycles. The van der Waals surface area contributed by atoms with E-state index in [1.807, 2.05) is 12.1 Å². The maximum atomic E-state index is 10.7. The van der Waals surface area contributed by atoms with Crippen molar-refractivity contribution in [2.24, 2.45) is 5.73 Å². The van der Waals surface area contributed by atoms with Gasteiger partial charge < -0.3 is 10.6 Å². The molecule has 0 unspecified atom stereocenters. The highest BCUT2D eigenvalue weighted by Gasteiger charge is 2.31. The van der Waals surface area contributed by atoms with Crippen molar-refractivity contribution in [3.8, 4) is 12.5 Å². The number of carbonyl (C=O) groups excluding carboxylic acids is 1. The zero-order valence-corrected chi connectivity index (χ0v) is 15.2. The summed E-state index contributed by atoms with van der Waals surface area (Å²) in [5.41, 5.74) is 7.05. The number of nitrogens with two attached hydrogens (primary N) is 1. The molecule has 3 aliphatic rings. The van der Waals surface area contributed by atoms with Crippen LogP contribution in [0.25, 0.3) is 0 Å². The maximum absolute atomic E-state index is 10.7. The van der Waals surface area contributed by atoms with Crippen molar-refractivity contribution in [3.05, 3.63) is 35.4 Å². The van der Waals surface area contributed by atoms with Gasteiger partial charge in [0.1, 0.15) is 0 Å². The van der Waals surface area contributed by atoms with E-state index >= 15 is 0 Å². The fourth-order valence-electron chi connectivity index (χ4n) is 3.69. The van der Waals surface area contributed by atoms with Gasteiger partial charge in [-0.1, -0.05) is 25.0 Å². The topological polar surface area (TPSA) is 49.6 Å². The Labute approximate surface area is 151 Å². The summed E-state index contributed by atoms with van der Waals surface area (Å²) >= 11 is 0. The van der Waals surface area contributed by atoms with Gasteiger partial charge >= 0.3 is 0 Å². The lowest BCUT2D eigenvalue weighted by molar-refractivity contribution is 0.0387. The molecule has 3 fully saturated rings. The van der Waals surface area contributed by atoms with Gasteiger partial charge in [0.15, 0.2) is 0 Å². The summed E-state index contributed by atoms with van der Waals surface area (Å²) in [4.78, 5) is 15.5. The smallest absolute Gasteiger partial charge is 0.248 e. The van der Waals surface area contributed by atoms with Gasteiger partial charge in [-0.05, 0) is 56.2 Å². The highest BCUT2D eigenvalue weighted by Crippen LogP contribution is 2.39. The summed E-state index contributed by atoms with van der Waals surface area (Å²) in [7, 11) is 0. The molecule has 0 radical (unpaired) electrons. The first-order valence-corrected chi connectivity index (χ1v) is 9.45. The first-order chi connectivity index (χ1) is 12.1. The van der Waals surface area contributed by atoms with Crippen LogP contribution in [0, 0.1) is 12.5 Å². The zero-order valence-electron chi connectivity index (χ0n) is 15.2. The third-order valence-corrected chi connectivity index (χ3v) is 5.65. The zero-order chi connectivity index (χ0) is 17.8. The monoisotopic (exact) mass is 339 g/mol. The minimum atomic E-state index is -0.350. The van der Waals surface area contributed by atoms with Crippen molar-refractivity contribution in [2.75, 3.05) is 19.6 Å². The van der Waals surface area contributed by atoms with Crippen molar-refractivity contribution in [3.63, 3.8) is 0 Å².